The highest BCUT2D eigenvalue weighted by Crippen LogP contribution is 2.35. The molecule has 1 aromatic carbocycles. The first-order valence-electron chi connectivity index (χ1n) is 5.19. The first-order valence-corrected chi connectivity index (χ1v) is 6.36. The van der Waals surface area contributed by atoms with Gasteiger partial charge in [-0.15, -0.1) is 0 Å². The number of nitrogen functional groups attached to an aromatic ring is 1. The molecule has 0 amide bonds. The van der Waals surface area contributed by atoms with E-state index in [0.29, 0.717) is 4.47 Å². The van der Waals surface area contributed by atoms with E-state index >= 15 is 0 Å². The number of nitrogens with two attached hydrogens (primary N) is 1. The van der Waals surface area contributed by atoms with Crippen molar-refractivity contribution in [3.63, 3.8) is 0 Å². The molecule has 20 heavy (non-hydrogen) atoms. The third-order valence-corrected chi connectivity index (χ3v) is 3.15. The Labute approximate surface area is 125 Å². The summed E-state index contributed by atoms with van der Waals surface area (Å²) in [7, 11) is 0. The topological polar surface area (TPSA) is 63.8 Å². The second-order valence-corrected chi connectivity index (χ2v) is 4.99. The predicted octanol–water partition coefficient (Wildman–Crippen LogP) is 4.24. The van der Waals surface area contributed by atoms with E-state index in [1.807, 2.05) is 0 Å². The molecule has 0 aliphatic carbocycles. The zero-order chi connectivity index (χ0) is 14.9. The molecule has 4 nitrogen and oxygen atoms in total. The molecule has 2 rings (SSSR count). The van der Waals surface area contributed by atoms with Crippen LogP contribution in [0.5, 0.6) is 0 Å². The Morgan fingerprint density at radius 1 is 1.20 bits per heavy atom. The van der Waals surface area contributed by atoms with E-state index in [4.69, 9.17) is 17.3 Å². The Balaban J connectivity index is 2.37. The number of benzene rings is 1. The Kier molecular flexibility index (Phi) is 4.05. The number of nitrogens with one attached hydrogen (secondary N) is 1. The fourth-order valence-corrected chi connectivity index (χ4v) is 1.97. The van der Waals surface area contributed by atoms with Crippen LogP contribution in [0.15, 0.2) is 28.7 Å². The molecular formula is C11H7BrClF3N4. The number of alkyl halides is 3. The van der Waals surface area contributed by atoms with Crippen LogP contribution in [0.2, 0.25) is 5.15 Å². The molecule has 0 saturated carbocycles. The molecule has 3 N–H and O–H groups in total. The number of aromatic nitrogens is 2. The van der Waals surface area contributed by atoms with Gasteiger partial charge >= 0.3 is 6.18 Å². The Morgan fingerprint density at radius 3 is 2.50 bits per heavy atom. The van der Waals surface area contributed by atoms with Gasteiger partial charge in [0.2, 0.25) is 5.95 Å². The second-order valence-electron chi connectivity index (χ2n) is 3.75. The predicted molar refractivity (Wildman–Crippen MR) is 73.9 cm³/mol. The van der Waals surface area contributed by atoms with Crippen molar-refractivity contribution in [3.05, 3.63) is 39.5 Å². The van der Waals surface area contributed by atoms with Crippen molar-refractivity contribution < 1.29 is 13.2 Å². The minimum Gasteiger partial charge on any atom is -0.368 e. The van der Waals surface area contributed by atoms with Crippen LogP contribution in [0.25, 0.3) is 0 Å². The summed E-state index contributed by atoms with van der Waals surface area (Å²) in [6.45, 7) is 0. The van der Waals surface area contributed by atoms with Crippen LogP contribution < -0.4 is 11.1 Å². The zero-order valence-electron chi connectivity index (χ0n) is 9.67. The van der Waals surface area contributed by atoms with Crippen LogP contribution in [0.1, 0.15) is 5.56 Å². The van der Waals surface area contributed by atoms with E-state index in [1.165, 1.54) is 12.1 Å². The summed E-state index contributed by atoms with van der Waals surface area (Å²) >= 11 is 8.85. The molecular weight excluding hydrogens is 360 g/mol. The molecule has 0 bridgehead atoms. The Hall–Kier alpha value is -1.54. The van der Waals surface area contributed by atoms with Crippen LogP contribution in [0, 0.1) is 0 Å². The summed E-state index contributed by atoms with van der Waals surface area (Å²) in [5.41, 5.74) is 4.82. The smallest absolute Gasteiger partial charge is 0.368 e. The third kappa shape index (κ3) is 3.51. The Bertz CT molecular complexity index is 628. The number of halogens is 5. The SMILES string of the molecule is Nc1nc(Cl)cc(Nc2cc(C(F)(F)F)ccc2Br)n1. The van der Waals surface area contributed by atoms with Crippen LogP contribution in [0.4, 0.5) is 30.6 Å². The number of hydrogen-bond donors (Lipinski definition) is 2. The number of rotatable bonds is 2. The lowest BCUT2D eigenvalue weighted by Crippen LogP contribution is -2.06. The lowest BCUT2D eigenvalue weighted by molar-refractivity contribution is -0.137. The van der Waals surface area contributed by atoms with Gasteiger partial charge in [-0.2, -0.15) is 18.2 Å². The highest BCUT2D eigenvalue weighted by atomic mass is 79.9. The molecule has 0 aliphatic heterocycles. The maximum absolute atomic E-state index is 12.7. The highest BCUT2D eigenvalue weighted by molar-refractivity contribution is 9.10. The molecule has 0 spiro atoms. The first kappa shape index (κ1) is 14.9. The maximum atomic E-state index is 12.7. The van der Waals surface area contributed by atoms with Crippen molar-refractivity contribution >= 4 is 45.0 Å². The molecule has 1 aromatic heterocycles. The van der Waals surface area contributed by atoms with E-state index in [2.05, 4.69) is 31.2 Å². The third-order valence-electron chi connectivity index (χ3n) is 2.27. The lowest BCUT2D eigenvalue weighted by atomic mass is 10.2. The van der Waals surface area contributed by atoms with E-state index in [0.717, 1.165) is 12.1 Å². The standard InChI is InChI=1S/C11H7BrClF3N4/c12-6-2-1-5(11(14,15)16)3-7(6)18-9-4-8(13)19-10(17)20-9/h1-4H,(H3,17,18,19,20). The van der Waals surface area contributed by atoms with Crippen LogP contribution in [-0.4, -0.2) is 9.97 Å². The van der Waals surface area contributed by atoms with E-state index in [1.54, 1.807) is 0 Å². The van der Waals surface area contributed by atoms with Gasteiger partial charge in [-0.1, -0.05) is 11.6 Å². The number of nitrogens with zero attached hydrogens (tertiary/aromatic N) is 2. The molecule has 2 aromatic rings. The monoisotopic (exact) mass is 366 g/mol. The molecule has 106 valence electrons. The van der Waals surface area contributed by atoms with Gasteiger partial charge in [0.15, 0.2) is 0 Å². The van der Waals surface area contributed by atoms with Gasteiger partial charge in [-0.05, 0) is 34.1 Å². The summed E-state index contributed by atoms with van der Waals surface area (Å²) in [6, 6.07) is 4.56. The maximum Gasteiger partial charge on any atom is 0.416 e. The molecule has 0 aliphatic rings. The van der Waals surface area contributed by atoms with Gasteiger partial charge in [0.25, 0.3) is 0 Å². The van der Waals surface area contributed by atoms with Gasteiger partial charge in [-0.25, -0.2) is 4.98 Å². The molecule has 0 saturated heterocycles. The van der Waals surface area contributed by atoms with E-state index in [9.17, 15) is 13.2 Å². The summed E-state index contributed by atoms with van der Waals surface area (Å²) in [4.78, 5) is 7.49. The fraction of sp³-hybridized carbons (Fsp3) is 0.0909. The van der Waals surface area contributed by atoms with Crippen LogP contribution in [-0.2, 0) is 6.18 Å². The van der Waals surface area contributed by atoms with Crippen molar-refractivity contribution in [3.8, 4) is 0 Å². The largest absolute Gasteiger partial charge is 0.416 e. The number of hydrogen-bond acceptors (Lipinski definition) is 4. The zero-order valence-corrected chi connectivity index (χ0v) is 12.0. The molecule has 0 unspecified atom stereocenters. The van der Waals surface area contributed by atoms with Gasteiger partial charge in [0.1, 0.15) is 11.0 Å². The molecule has 0 fully saturated rings. The molecule has 0 atom stereocenters. The number of anilines is 3. The van der Waals surface area contributed by atoms with E-state index < -0.39 is 11.7 Å². The van der Waals surface area contributed by atoms with Gasteiger partial charge in [-0.3, -0.25) is 0 Å². The van der Waals surface area contributed by atoms with Crippen molar-refractivity contribution in [2.45, 2.75) is 6.18 Å². The van der Waals surface area contributed by atoms with Crippen molar-refractivity contribution in [1.29, 1.82) is 0 Å². The van der Waals surface area contributed by atoms with Crippen LogP contribution in [0.3, 0.4) is 0 Å². The molecule has 1 heterocycles. The highest BCUT2D eigenvalue weighted by Gasteiger charge is 2.30. The summed E-state index contributed by atoms with van der Waals surface area (Å²) in [6.07, 6.45) is -4.43. The van der Waals surface area contributed by atoms with Crippen molar-refractivity contribution in [2.75, 3.05) is 11.1 Å². The van der Waals surface area contributed by atoms with Crippen molar-refractivity contribution in [2.24, 2.45) is 0 Å². The van der Waals surface area contributed by atoms with Gasteiger partial charge < -0.3 is 11.1 Å². The minimum absolute atomic E-state index is 0.0805. The summed E-state index contributed by atoms with van der Waals surface area (Å²) in [5.74, 6) is 0.116. The second kappa shape index (κ2) is 5.45. The van der Waals surface area contributed by atoms with Crippen molar-refractivity contribution in [1.82, 2.24) is 9.97 Å². The lowest BCUT2D eigenvalue weighted by Gasteiger charge is -2.12. The van der Waals surface area contributed by atoms with Gasteiger partial charge in [0.05, 0.1) is 11.3 Å². The van der Waals surface area contributed by atoms with E-state index in [-0.39, 0.29) is 22.6 Å². The molecule has 0 radical (unpaired) electrons. The van der Waals surface area contributed by atoms with Crippen LogP contribution >= 0.6 is 27.5 Å². The molecule has 9 heteroatoms. The minimum atomic E-state index is -4.43. The summed E-state index contributed by atoms with van der Waals surface area (Å²) < 4.78 is 38.4. The average Bonchev–Trinajstić information content (AvgIpc) is 2.29. The summed E-state index contributed by atoms with van der Waals surface area (Å²) in [5, 5.41) is 2.79. The quantitative estimate of drug-likeness (QED) is 0.780. The average molecular weight is 368 g/mol. The Morgan fingerprint density at radius 2 is 1.90 bits per heavy atom. The normalized spacial score (nSPS) is 11.4. The fourth-order valence-electron chi connectivity index (χ4n) is 1.43. The van der Waals surface area contributed by atoms with Gasteiger partial charge in [0, 0.05) is 10.5 Å². The first-order chi connectivity index (χ1) is 9.25.